The van der Waals surface area contributed by atoms with Gasteiger partial charge in [0.2, 0.25) is 0 Å². The molecule has 7 heteroatoms. The Labute approximate surface area is 161 Å². The maximum absolute atomic E-state index is 10.6. The summed E-state index contributed by atoms with van der Waals surface area (Å²) < 4.78 is 14.8. The molecule has 2 aromatic rings. The van der Waals surface area contributed by atoms with Crippen molar-refractivity contribution in [1.82, 2.24) is 15.0 Å². The quantitative estimate of drug-likeness (QED) is 0.329. The Morgan fingerprint density at radius 3 is 2.44 bits per heavy atom. The highest BCUT2D eigenvalue weighted by molar-refractivity contribution is 5.75. The number of nitrogens with one attached hydrogen (secondary N) is 1. The van der Waals surface area contributed by atoms with Crippen LogP contribution in [0.4, 0.5) is 0 Å². The van der Waals surface area contributed by atoms with Crippen molar-refractivity contribution in [3.05, 3.63) is 18.5 Å². The Bertz CT molecular complexity index is 585. The van der Waals surface area contributed by atoms with Gasteiger partial charge in [0.25, 0.3) is 0 Å². The molecule has 0 saturated carbocycles. The number of hydrogen-bond donors (Lipinski definition) is 1. The summed E-state index contributed by atoms with van der Waals surface area (Å²) in [5, 5.41) is 0. The van der Waals surface area contributed by atoms with E-state index in [0.29, 0.717) is 6.79 Å². The minimum atomic E-state index is -0.396. The second-order valence-electron chi connectivity index (χ2n) is 6.32. The van der Waals surface area contributed by atoms with Crippen LogP contribution in [0.25, 0.3) is 11.0 Å². The Kier molecular flexibility index (Phi) is 12.9. The third kappa shape index (κ3) is 11.4. The minimum Gasteiger partial charge on any atom is -0.392 e. The zero-order valence-electron chi connectivity index (χ0n) is 16.8. The molecule has 0 amide bonds. The molecule has 2 heterocycles. The number of nitrogens with zero attached hydrogens (tertiary/aromatic N) is 2. The predicted octanol–water partition coefficient (Wildman–Crippen LogP) is 4.63. The molecule has 27 heavy (non-hydrogen) atoms. The van der Waals surface area contributed by atoms with Gasteiger partial charge in [-0.05, 0) is 12.5 Å². The minimum absolute atomic E-state index is 0.204. The van der Waals surface area contributed by atoms with Gasteiger partial charge in [-0.25, -0.2) is 0 Å². The molecule has 0 fully saturated rings. The summed E-state index contributed by atoms with van der Waals surface area (Å²) in [6.45, 7) is 4.87. The van der Waals surface area contributed by atoms with Gasteiger partial charge in [-0.1, -0.05) is 51.9 Å². The number of hydrogen-bond acceptors (Lipinski definition) is 6. The molecular formula is C20H33N3O4. The number of methoxy groups -OCH3 is 1. The monoisotopic (exact) mass is 379 g/mol. The third-order valence-electron chi connectivity index (χ3n) is 3.85. The van der Waals surface area contributed by atoms with Gasteiger partial charge in [0.1, 0.15) is 6.79 Å². The number of imidazole rings is 1. The van der Waals surface area contributed by atoms with E-state index in [1.807, 2.05) is 0 Å². The van der Waals surface area contributed by atoms with E-state index in [9.17, 15) is 4.79 Å². The van der Waals surface area contributed by atoms with Crippen LogP contribution >= 0.6 is 0 Å². The van der Waals surface area contributed by atoms with E-state index in [0.717, 1.165) is 17.6 Å². The van der Waals surface area contributed by atoms with Gasteiger partial charge in [0.05, 0.1) is 17.2 Å². The number of carbonyl (C=O) groups is 1. The average Bonchev–Trinajstić information content (AvgIpc) is 3.05. The van der Waals surface area contributed by atoms with Crippen LogP contribution < -0.4 is 4.74 Å². The van der Waals surface area contributed by atoms with Crippen LogP contribution in [0.3, 0.4) is 0 Å². The van der Waals surface area contributed by atoms with Crippen LogP contribution in [-0.4, -0.2) is 41.4 Å². The fourth-order valence-corrected chi connectivity index (χ4v) is 2.50. The first-order valence-electron chi connectivity index (χ1n) is 9.72. The van der Waals surface area contributed by atoms with E-state index in [4.69, 9.17) is 14.2 Å². The molecule has 0 aliphatic heterocycles. The summed E-state index contributed by atoms with van der Waals surface area (Å²) in [6, 6.07) is 1.94. The summed E-state index contributed by atoms with van der Waals surface area (Å²) in [5.74, 6) is -0.396. The molecule has 1 N–H and O–H groups in total. The van der Waals surface area contributed by atoms with Crippen LogP contribution in [-0.2, 0) is 14.3 Å². The number of aromatic amines is 1. The maximum atomic E-state index is 10.6. The van der Waals surface area contributed by atoms with Crippen molar-refractivity contribution in [2.24, 2.45) is 0 Å². The van der Waals surface area contributed by atoms with Crippen LogP contribution in [0.5, 0.6) is 6.01 Å². The Hall–Kier alpha value is -1.99. The van der Waals surface area contributed by atoms with E-state index in [1.54, 1.807) is 25.6 Å². The van der Waals surface area contributed by atoms with Gasteiger partial charge in [-0.3, -0.25) is 9.78 Å². The smallest absolute Gasteiger partial charge is 0.310 e. The number of rotatable bonds is 12. The molecule has 0 radical (unpaired) electrons. The van der Waals surface area contributed by atoms with Crippen LogP contribution in [0, 0.1) is 0 Å². The first-order chi connectivity index (χ1) is 13.2. The SMILES string of the molecule is CC(=O)Oc1nc2ccncc2[nH]1.CCCCCCCCCCOCOC. The number of carbonyl (C=O) groups excluding carboxylic acids is 1. The number of unbranched alkanes of at least 4 members (excludes halogenated alkanes) is 7. The lowest BCUT2D eigenvalue weighted by Crippen LogP contribution is -2.02. The van der Waals surface area contributed by atoms with E-state index in [2.05, 4.69) is 21.9 Å². The van der Waals surface area contributed by atoms with Crippen molar-refractivity contribution >= 4 is 17.0 Å². The molecule has 152 valence electrons. The van der Waals surface area contributed by atoms with Gasteiger partial charge < -0.3 is 19.2 Å². The molecule has 0 spiro atoms. The van der Waals surface area contributed by atoms with Gasteiger partial charge in [0.15, 0.2) is 0 Å². The highest BCUT2D eigenvalue weighted by Crippen LogP contribution is 2.13. The summed E-state index contributed by atoms with van der Waals surface area (Å²) in [4.78, 5) is 21.3. The van der Waals surface area contributed by atoms with Crippen molar-refractivity contribution in [2.75, 3.05) is 20.5 Å². The highest BCUT2D eigenvalue weighted by atomic mass is 16.7. The number of H-pyrrole nitrogens is 1. The van der Waals surface area contributed by atoms with Crippen molar-refractivity contribution in [3.8, 4) is 6.01 Å². The van der Waals surface area contributed by atoms with Crippen LogP contribution in [0.15, 0.2) is 18.5 Å². The Morgan fingerprint density at radius 1 is 1.11 bits per heavy atom. The molecule has 7 nitrogen and oxygen atoms in total. The third-order valence-corrected chi connectivity index (χ3v) is 3.85. The normalized spacial score (nSPS) is 10.5. The van der Waals surface area contributed by atoms with E-state index in [1.165, 1.54) is 58.3 Å². The van der Waals surface area contributed by atoms with E-state index < -0.39 is 5.97 Å². The topological polar surface area (TPSA) is 86.3 Å². The zero-order valence-corrected chi connectivity index (χ0v) is 16.8. The second kappa shape index (κ2) is 15.1. The molecule has 0 atom stereocenters. The first-order valence-corrected chi connectivity index (χ1v) is 9.72. The lowest BCUT2D eigenvalue weighted by atomic mass is 10.1. The van der Waals surface area contributed by atoms with Gasteiger partial charge in [-0.15, -0.1) is 0 Å². The molecule has 0 aromatic carbocycles. The highest BCUT2D eigenvalue weighted by Gasteiger charge is 2.04. The summed E-state index contributed by atoms with van der Waals surface area (Å²) in [5.41, 5.74) is 1.48. The van der Waals surface area contributed by atoms with Crippen LogP contribution in [0.2, 0.25) is 0 Å². The molecular weight excluding hydrogens is 346 g/mol. The predicted molar refractivity (Wildman–Crippen MR) is 106 cm³/mol. The van der Waals surface area contributed by atoms with Crippen molar-refractivity contribution < 1.29 is 19.0 Å². The molecule has 2 aromatic heterocycles. The van der Waals surface area contributed by atoms with Crippen molar-refractivity contribution in [1.29, 1.82) is 0 Å². The Morgan fingerprint density at radius 2 is 1.81 bits per heavy atom. The van der Waals surface area contributed by atoms with Crippen molar-refractivity contribution in [2.45, 2.75) is 65.2 Å². The average molecular weight is 380 g/mol. The van der Waals surface area contributed by atoms with E-state index >= 15 is 0 Å². The molecule has 0 unspecified atom stereocenters. The van der Waals surface area contributed by atoms with Gasteiger partial charge in [-0.2, -0.15) is 4.98 Å². The summed E-state index contributed by atoms with van der Waals surface area (Å²) in [7, 11) is 1.66. The number of fused-ring (bicyclic) bond motifs is 1. The molecule has 0 bridgehead atoms. The lowest BCUT2D eigenvalue weighted by molar-refractivity contribution is -0.132. The molecule has 2 rings (SSSR count). The number of pyridine rings is 1. The van der Waals surface area contributed by atoms with Crippen LogP contribution in [0.1, 0.15) is 65.2 Å². The number of esters is 1. The second-order valence-corrected chi connectivity index (χ2v) is 6.32. The number of aromatic nitrogens is 3. The molecule has 0 aliphatic rings. The number of ether oxygens (including phenoxy) is 3. The maximum Gasteiger partial charge on any atom is 0.310 e. The fourth-order valence-electron chi connectivity index (χ4n) is 2.50. The van der Waals surface area contributed by atoms with Gasteiger partial charge in [0, 0.05) is 26.8 Å². The fraction of sp³-hybridized carbons (Fsp3) is 0.650. The Balaban J connectivity index is 0.000000270. The molecule has 0 saturated heterocycles. The first kappa shape index (κ1) is 23.0. The van der Waals surface area contributed by atoms with E-state index in [-0.39, 0.29) is 6.01 Å². The zero-order chi connectivity index (χ0) is 19.7. The standard InChI is InChI=1S/C12H26O2.C8H7N3O2/c1-3-4-5-6-7-8-9-10-11-14-12-13-2;1-5(12)13-8-10-6-2-3-9-4-7(6)11-8/h3-12H2,1-2H3;2-4H,1H3,(H,10,11). The summed E-state index contributed by atoms with van der Waals surface area (Å²) >= 11 is 0. The largest absolute Gasteiger partial charge is 0.392 e. The van der Waals surface area contributed by atoms with Gasteiger partial charge >= 0.3 is 12.0 Å². The molecule has 0 aliphatic carbocycles. The lowest BCUT2D eigenvalue weighted by Gasteiger charge is -2.02. The summed E-state index contributed by atoms with van der Waals surface area (Å²) in [6.07, 6.45) is 14.0. The van der Waals surface area contributed by atoms with Crippen molar-refractivity contribution in [3.63, 3.8) is 0 Å².